The van der Waals surface area contributed by atoms with E-state index in [1.165, 1.54) is 5.56 Å². The molecule has 0 atom stereocenters. The van der Waals surface area contributed by atoms with Crippen molar-refractivity contribution >= 4 is 6.09 Å². The van der Waals surface area contributed by atoms with Gasteiger partial charge in [-0.2, -0.15) is 0 Å². The molecule has 0 aliphatic heterocycles. The van der Waals surface area contributed by atoms with Crippen LogP contribution in [-0.2, 0) is 11.2 Å². The van der Waals surface area contributed by atoms with Crippen molar-refractivity contribution in [3.63, 3.8) is 0 Å². The Hall–Kier alpha value is -1.51. The summed E-state index contributed by atoms with van der Waals surface area (Å²) in [6.07, 6.45) is 0.312. The third-order valence-corrected chi connectivity index (χ3v) is 1.66. The number of amides is 1. The predicted octanol–water partition coefficient (Wildman–Crippen LogP) is 1.75. The van der Waals surface area contributed by atoms with E-state index in [0.717, 1.165) is 6.42 Å². The van der Waals surface area contributed by atoms with E-state index in [2.05, 4.69) is 17.2 Å². The zero-order valence-electron chi connectivity index (χ0n) is 7.32. The van der Waals surface area contributed by atoms with Crippen LogP contribution in [0, 0.1) is 7.11 Å². The molecule has 0 saturated carbocycles. The van der Waals surface area contributed by atoms with Crippen LogP contribution >= 0.6 is 0 Å². The Morgan fingerprint density at radius 3 is 2.69 bits per heavy atom. The molecule has 0 bridgehead atoms. The highest BCUT2D eigenvalue weighted by atomic mass is 16.5. The average Bonchev–Trinajstić information content (AvgIpc) is 2.19. The van der Waals surface area contributed by atoms with Gasteiger partial charge in [0.25, 0.3) is 0 Å². The second kappa shape index (κ2) is 5.19. The Bertz CT molecular complexity index is 259. The van der Waals surface area contributed by atoms with Crippen LogP contribution in [0.1, 0.15) is 5.56 Å². The largest absolute Gasteiger partial charge is 0.446 e. The lowest BCUT2D eigenvalue weighted by molar-refractivity contribution is 0.183. The average molecular weight is 178 g/mol. The Balaban J connectivity index is 2.24. The standard InChI is InChI=1S/C10H12NO2/c1-13-10(12)11-8-7-9-5-3-2-4-6-9/h2-6H,1,7-8H2,(H,11,12). The van der Waals surface area contributed by atoms with Gasteiger partial charge in [-0.1, -0.05) is 30.3 Å². The summed E-state index contributed by atoms with van der Waals surface area (Å²) in [6, 6.07) is 9.92. The van der Waals surface area contributed by atoms with E-state index in [0.29, 0.717) is 6.54 Å². The van der Waals surface area contributed by atoms with Crippen molar-refractivity contribution in [1.82, 2.24) is 5.32 Å². The highest BCUT2D eigenvalue weighted by molar-refractivity contribution is 5.67. The van der Waals surface area contributed by atoms with Crippen molar-refractivity contribution in [3.05, 3.63) is 43.0 Å². The fourth-order valence-corrected chi connectivity index (χ4v) is 1.00. The Kier molecular flexibility index (Phi) is 3.82. The molecule has 0 heterocycles. The van der Waals surface area contributed by atoms with Gasteiger partial charge in [-0.05, 0) is 12.0 Å². The third kappa shape index (κ3) is 3.60. The molecule has 1 radical (unpaired) electrons. The number of hydrogen-bond acceptors (Lipinski definition) is 2. The Morgan fingerprint density at radius 2 is 2.08 bits per heavy atom. The van der Waals surface area contributed by atoms with Gasteiger partial charge in [0.1, 0.15) is 7.11 Å². The monoisotopic (exact) mass is 178 g/mol. The Morgan fingerprint density at radius 1 is 1.38 bits per heavy atom. The van der Waals surface area contributed by atoms with Crippen molar-refractivity contribution in [2.45, 2.75) is 6.42 Å². The maximum Gasteiger partial charge on any atom is 0.407 e. The summed E-state index contributed by atoms with van der Waals surface area (Å²) in [5, 5.41) is 2.56. The molecule has 0 aliphatic rings. The molecule has 3 nitrogen and oxygen atoms in total. The van der Waals surface area contributed by atoms with Crippen molar-refractivity contribution in [2.75, 3.05) is 6.54 Å². The lowest BCUT2D eigenvalue weighted by Crippen LogP contribution is -2.24. The molecule has 0 aliphatic carbocycles. The van der Waals surface area contributed by atoms with Crippen LogP contribution < -0.4 is 5.32 Å². The molecule has 0 aromatic heterocycles. The van der Waals surface area contributed by atoms with Crippen LogP contribution in [-0.4, -0.2) is 12.6 Å². The minimum absolute atomic E-state index is 0.490. The molecule has 1 aromatic rings. The van der Waals surface area contributed by atoms with Gasteiger partial charge in [0.2, 0.25) is 0 Å². The maximum absolute atomic E-state index is 10.6. The summed E-state index contributed by atoms with van der Waals surface area (Å²) in [6.45, 7) is 0.568. The lowest BCUT2D eigenvalue weighted by Gasteiger charge is -2.02. The van der Waals surface area contributed by atoms with E-state index in [1.807, 2.05) is 30.3 Å². The summed E-state index contributed by atoms with van der Waals surface area (Å²) < 4.78 is 4.19. The molecule has 0 saturated heterocycles. The van der Waals surface area contributed by atoms with Gasteiger partial charge in [-0.15, -0.1) is 0 Å². The topological polar surface area (TPSA) is 38.3 Å². The van der Waals surface area contributed by atoms with Gasteiger partial charge in [-0.25, -0.2) is 4.79 Å². The summed E-state index contributed by atoms with van der Waals surface area (Å²) in [5.74, 6) is 0. The van der Waals surface area contributed by atoms with Gasteiger partial charge in [-0.3, -0.25) is 0 Å². The first-order valence-electron chi connectivity index (χ1n) is 4.06. The Labute approximate surface area is 77.7 Å². The smallest absolute Gasteiger partial charge is 0.407 e. The number of rotatable bonds is 3. The predicted molar refractivity (Wildman–Crippen MR) is 50.0 cm³/mol. The van der Waals surface area contributed by atoms with Crippen molar-refractivity contribution < 1.29 is 9.53 Å². The summed E-state index contributed by atoms with van der Waals surface area (Å²) in [7, 11) is 3.00. The number of benzene rings is 1. The van der Waals surface area contributed by atoms with Crippen LogP contribution in [0.4, 0.5) is 4.79 Å². The van der Waals surface area contributed by atoms with Crippen LogP contribution in [0.15, 0.2) is 30.3 Å². The summed E-state index contributed by atoms with van der Waals surface area (Å²) >= 11 is 0. The van der Waals surface area contributed by atoms with Gasteiger partial charge >= 0.3 is 6.09 Å². The van der Waals surface area contributed by atoms with Crippen molar-refractivity contribution in [2.24, 2.45) is 0 Å². The molecule has 0 unspecified atom stereocenters. The minimum atomic E-state index is -0.490. The number of hydrogen-bond donors (Lipinski definition) is 1. The number of ether oxygens (including phenoxy) is 1. The molecule has 13 heavy (non-hydrogen) atoms. The fourth-order valence-electron chi connectivity index (χ4n) is 1.00. The SMILES string of the molecule is [CH2]OC(=O)NCCc1ccccc1. The van der Waals surface area contributed by atoms with E-state index in [4.69, 9.17) is 0 Å². The van der Waals surface area contributed by atoms with Gasteiger partial charge in [0.15, 0.2) is 0 Å². The number of nitrogens with one attached hydrogen (secondary N) is 1. The van der Waals surface area contributed by atoms with E-state index in [9.17, 15) is 4.79 Å². The molecule has 1 amide bonds. The highest BCUT2D eigenvalue weighted by Gasteiger charge is 1.96. The van der Waals surface area contributed by atoms with Crippen LogP contribution in [0.5, 0.6) is 0 Å². The zero-order chi connectivity index (χ0) is 9.52. The molecular formula is C10H12NO2. The van der Waals surface area contributed by atoms with Crippen LogP contribution in [0.2, 0.25) is 0 Å². The molecule has 1 N–H and O–H groups in total. The molecule has 0 spiro atoms. The molecule has 69 valence electrons. The zero-order valence-corrected chi connectivity index (χ0v) is 7.32. The minimum Gasteiger partial charge on any atom is -0.446 e. The van der Waals surface area contributed by atoms with Crippen LogP contribution in [0.3, 0.4) is 0 Å². The molecule has 3 heteroatoms. The van der Waals surface area contributed by atoms with E-state index in [-0.39, 0.29) is 0 Å². The quantitative estimate of drug-likeness (QED) is 0.765. The number of carbonyl (C=O) groups excluding carboxylic acids is 1. The highest BCUT2D eigenvalue weighted by Crippen LogP contribution is 1.97. The maximum atomic E-state index is 10.6. The van der Waals surface area contributed by atoms with Crippen molar-refractivity contribution in [1.29, 1.82) is 0 Å². The summed E-state index contributed by atoms with van der Waals surface area (Å²) in [4.78, 5) is 10.6. The lowest BCUT2D eigenvalue weighted by atomic mass is 10.1. The van der Waals surface area contributed by atoms with E-state index < -0.39 is 6.09 Å². The second-order valence-electron chi connectivity index (χ2n) is 2.59. The first-order chi connectivity index (χ1) is 6.33. The first-order valence-corrected chi connectivity index (χ1v) is 4.06. The normalized spacial score (nSPS) is 9.31. The van der Waals surface area contributed by atoms with Crippen molar-refractivity contribution in [3.8, 4) is 0 Å². The van der Waals surface area contributed by atoms with Crippen LogP contribution in [0.25, 0.3) is 0 Å². The third-order valence-electron chi connectivity index (χ3n) is 1.66. The van der Waals surface area contributed by atoms with Gasteiger partial charge < -0.3 is 10.1 Å². The molecule has 1 rings (SSSR count). The summed E-state index contributed by atoms with van der Waals surface area (Å²) in [5.41, 5.74) is 1.19. The van der Waals surface area contributed by atoms with Gasteiger partial charge in [0, 0.05) is 6.54 Å². The second-order valence-corrected chi connectivity index (χ2v) is 2.59. The van der Waals surface area contributed by atoms with E-state index >= 15 is 0 Å². The molecule has 1 aromatic carbocycles. The number of alkyl carbamates (subject to hydrolysis) is 1. The van der Waals surface area contributed by atoms with Gasteiger partial charge in [0.05, 0.1) is 0 Å². The molecule has 0 fully saturated rings. The first kappa shape index (κ1) is 9.58. The fraction of sp³-hybridized carbons (Fsp3) is 0.200. The number of carbonyl (C=O) groups is 1. The van der Waals surface area contributed by atoms with E-state index in [1.54, 1.807) is 0 Å². The molecular weight excluding hydrogens is 166 g/mol.